The highest BCUT2D eigenvalue weighted by Gasteiger charge is 2.39. The summed E-state index contributed by atoms with van der Waals surface area (Å²) in [5.41, 5.74) is 1.07. The first kappa shape index (κ1) is 14.9. The molecule has 1 aliphatic heterocycles. The molecule has 0 saturated heterocycles. The maximum atomic E-state index is 13.1. The molecule has 4 nitrogen and oxygen atoms in total. The van der Waals surface area contributed by atoms with E-state index in [1.165, 1.54) is 4.68 Å². The molecule has 0 atom stereocenters. The van der Waals surface area contributed by atoms with Crippen LogP contribution in [0.3, 0.4) is 0 Å². The Kier molecular flexibility index (Phi) is 3.82. The third-order valence-corrected chi connectivity index (χ3v) is 3.77. The summed E-state index contributed by atoms with van der Waals surface area (Å²) in [6.07, 6.45) is -4.06. The average Bonchev–Trinajstić information content (AvgIpc) is 2.87. The van der Waals surface area contributed by atoms with Crippen LogP contribution in [0.2, 0.25) is 0 Å². The lowest BCUT2D eigenvalue weighted by molar-refractivity contribution is -0.142. The number of nitrogens with zero attached hydrogens (tertiary/aromatic N) is 2. The molecule has 1 N–H and O–H groups in total. The van der Waals surface area contributed by atoms with Gasteiger partial charge in [-0.15, -0.1) is 0 Å². The van der Waals surface area contributed by atoms with Gasteiger partial charge in [0.25, 0.3) is 0 Å². The molecule has 0 amide bonds. The van der Waals surface area contributed by atoms with E-state index in [1.807, 2.05) is 12.1 Å². The Morgan fingerprint density at radius 2 is 2.00 bits per heavy atom. The van der Waals surface area contributed by atoms with Gasteiger partial charge in [0.05, 0.1) is 19.3 Å². The van der Waals surface area contributed by atoms with Crippen molar-refractivity contribution < 1.29 is 17.9 Å². The van der Waals surface area contributed by atoms with Crippen LogP contribution in [0.25, 0.3) is 0 Å². The third kappa shape index (κ3) is 2.81. The number of fused-ring (bicyclic) bond motifs is 1. The van der Waals surface area contributed by atoms with Gasteiger partial charge in [-0.1, -0.05) is 12.1 Å². The highest BCUT2D eigenvalue weighted by atomic mass is 19.4. The minimum atomic E-state index is -4.41. The fourth-order valence-corrected chi connectivity index (χ4v) is 2.68. The van der Waals surface area contributed by atoms with Crippen LogP contribution < -0.4 is 10.1 Å². The molecule has 0 unspecified atom stereocenters. The molecule has 1 aliphatic rings. The Hall–Kier alpha value is -2.02. The normalized spacial score (nSPS) is 14.7. The van der Waals surface area contributed by atoms with Crippen LogP contribution in [-0.4, -0.2) is 23.4 Å². The number of hydrogen-bond donors (Lipinski definition) is 1. The van der Waals surface area contributed by atoms with Crippen molar-refractivity contribution >= 4 is 0 Å². The minimum Gasteiger partial charge on any atom is -0.497 e. The standard InChI is InChI=1S/C15H16F3N3O/c1-22-11-4-2-10(3-5-11)9-21-13-8-19-7-6-12(13)14(20-21)15(16,17)18/h2-5,19H,6-9H2,1H3. The van der Waals surface area contributed by atoms with Gasteiger partial charge in [-0.3, -0.25) is 4.68 Å². The number of hydrogen-bond acceptors (Lipinski definition) is 3. The van der Waals surface area contributed by atoms with Crippen molar-refractivity contribution in [1.29, 1.82) is 0 Å². The lowest BCUT2D eigenvalue weighted by atomic mass is 10.1. The molecule has 1 aromatic heterocycles. The second kappa shape index (κ2) is 5.64. The van der Waals surface area contributed by atoms with Crippen molar-refractivity contribution in [3.8, 4) is 5.75 Å². The van der Waals surface area contributed by atoms with E-state index in [4.69, 9.17) is 4.74 Å². The summed E-state index contributed by atoms with van der Waals surface area (Å²) in [4.78, 5) is 0. The van der Waals surface area contributed by atoms with Gasteiger partial charge >= 0.3 is 6.18 Å². The Morgan fingerprint density at radius 3 is 2.64 bits per heavy atom. The van der Waals surface area contributed by atoms with Crippen molar-refractivity contribution in [3.63, 3.8) is 0 Å². The van der Waals surface area contributed by atoms with Crippen LogP contribution in [0.5, 0.6) is 5.75 Å². The summed E-state index contributed by atoms with van der Waals surface area (Å²) in [6.45, 7) is 1.27. The van der Waals surface area contributed by atoms with E-state index in [9.17, 15) is 13.2 Å². The molecule has 0 saturated carbocycles. The molecule has 0 fully saturated rings. The van der Waals surface area contributed by atoms with Crippen LogP contribution >= 0.6 is 0 Å². The zero-order chi connectivity index (χ0) is 15.7. The Morgan fingerprint density at radius 1 is 1.27 bits per heavy atom. The fraction of sp³-hybridized carbons (Fsp3) is 0.400. The van der Waals surface area contributed by atoms with E-state index in [2.05, 4.69) is 10.4 Å². The van der Waals surface area contributed by atoms with Crippen molar-refractivity contribution in [3.05, 3.63) is 46.8 Å². The smallest absolute Gasteiger partial charge is 0.435 e. The molecule has 0 spiro atoms. The van der Waals surface area contributed by atoms with E-state index < -0.39 is 11.9 Å². The van der Waals surface area contributed by atoms with Gasteiger partial charge in [0.15, 0.2) is 5.69 Å². The highest BCUT2D eigenvalue weighted by molar-refractivity contribution is 5.32. The lowest BCUT2D eigenvalue weighted by Gasteiger charge is -2.16. The number of nitrogens with one attached hydrogen (secondary N) is 1. The van der Waals surface area contributed by atoms with Gasteiger partial charge in [0.2, 0.25) is 0 Å². The van der Waals surface area contributed by atoms with E-state index >= 15 is 0 Å². The van der Waals surface area contributed by atoms with Gasteiger partial charge in [-0.05, 0) is 30.7 Å². The summed E-state index contributed by atoms with van der Waals surface area (Å²) >= 11 is 0. The highest BCUT2D eigenvalue weighted by Crippen LogP contribution is 2.34. The molecule has 3 rings (SSSR count). The summed E-state index contributed by atoms with van der Waals surface area (Å²) in [5.74, 6) is 0.712. The van der Waals surface area contributed by atoms with Crippen molar-refractivity contribution in [2.75, 3.05) is 13.7 Å². The van der Waals surface area contributed by atoms with E-state index in [0.717, 1.165) is 5.56 Å². The van der Waals surface area contributed by atoms with Gasteiger partial charge < -0.3 is 10.1 Å². The maximum Gasteiger partial charge on any atom is 0.435 e. The first-order valence-electron chi connectivity index (χ1n) is 6.98. The van der Waals surface area contributed by atoms with E-state index in [-0.39, 0.29) is 0 Å². The quantitative estimate of drug-likeness (QED) is 0.947. The van der Waals surface area contributed by atoms with Gasteiger partial charge in [0.1, 0.15) is 5.75 Å². The summed E-state index contributed by atoms with van der Waals surface area (Å²) in [6, 6.07) is 7.23. The summed E-state index contributed by atoms with van der Waals surface area (Å²) < 4.78 is 45.9. The molecular weight excluding hydrogens is 295 g/mol. The van der Waals surface area contributed by atoms with Gasteiger partial charge in [0, 0.05) is 12.1 Å². The first-order chi connectivity index (χ1) is 10.5. The van der Waals surface area contributed by atoms with Crippen LogP contribution in [-0.2, 0) is 25.7 Å². The van der Waals surface area contributed by atoms with E-state index in [0.29, 0.717) is 43.1 Å². The zero-order valence-electron chi connectivity index (χ0n) is 12.1. The topological polar surface area (TPSA) is 39.1 Å². The SMILES string of the molecule is COc1ccc(Cn2nc(C(F)(F)F)c3c2CNCC3)cc1. The number of ether oxygens (including phenoxy) is 1. The molecule has 2 aromatic rings. The predicted molar refractivity (Wildman–Crippen MR) is 74.7 cm³/mol. The number of methoxy groups -OCH3 is 1. The van der Waals surface area contributed by atoms with Crippen molar-refractivity contribution in [2.24, 2.45) is 0 Å². The Labute approximate surface area is 125 Å². The van der Waals surface area contributed by atoms with Gasteiger partial charge in [-0.2, -0.15) is 18.3 Å². The zero-order valence-corrected chi connectivity index (χ0v) is 12.1. The Bertz CT molecular complexity index is 662. The summed E-state index contributed by atoms with van der Waals surface area (Å²) in [5, 5.41) is 6.92. The molecule has 0 aliphatic carbocycles. The largest absolute Gasteiger partial charge is 0.497 e. The predicted octanol–water partition coefficient (Wildman–Crippen LogP) is 2.60. The molecule has 7 heteroatoms. The van der Waals surface area contributed by atoms with Gasteiger partial charge in [-0.25, -0.2) is 0 Å². The molecule has 2 heterocycles. The summed E-state index contributed by atoms with van der Waals surface area (Å²) in [7, 11) is 1.57. The monoisotopic (exact) mass is 311 g/mol. The number of rotatable bonds is 3. The number of alkyl halides is 3. The molecule has 0 radical (unpaired) electrons. The minimum absolute atomic E-state index is 0.310. The fourth-order valence-electron chi connectivity index (χ4n) is 2.68. The number of halogens is 3. The van der Waals surface area contributed by atoms with Crippen LogP contribution in [0.4, 0.5) is 13.2 Å². The van der Waals surface area contributed by atoms with Crippen LogP contribution in [0.15, 0.2) is 24.3 Å². The van der Waals surface area contributed by atoms with Crippen LogP contribution in [0, 0.1) is 0 Å². The Balaban J connectivity index is 1.94. The molecule has 1 aromatic carbocycles. The second-order valence-electron chi connectivity index (χ2n) is 5.20. The van der Waals surface area contributed by atoms with Crippen LogP contribution in [0.1, 0.15) is 22.5 Å². The average molecular weight is 311 g/mol. The molecule has 0 bridgehead atoms. The van der Waals surface area contributed by atoms with Crippen molar-refractivity contribution in [2.45, 2.75) is 25.7 Å². The molecule has 118 valence electrons. The molecule has 22 heavy (non-hydrogen) atoms. The third-order valence-electron chi connectivity index (χ3n) is 3.77. The first-order valence-corrected chi connectivity index (χ1v) is 6.98. The second-order valence-corrected chi connectivity index (χ2v) is 5.20. The number of aromatic nitrogens is 2. The maximum absolute atomic E-state index is 13.1. The lowest BCUT2D eigenvalue weighted by Crippen LogP contribution is -2.26. The number of benzene rings is 1. The van der Waals surface area contributed by atoms with E-state index in [1.54, 1.807) is 19.2 Å². The molecular formula is C15H16F3N3O. The van der Waals surface area contributed by atoms with Crippen molar-refractivity contribution in [1.82, 2.24) is 15.1 Å².